The SMILES string of the molecule is CN(C)CCNC(=O)c1cccc(CNC(=O)Cc2ccc(N)cc2)c1.Cl.Cl. The van der Waals surface area contributed by atoms with Crippen molar-refractivity contribution in [3.8, 4) is 0 Å². The lowest BCUT2D eigenvalue weighted by Gasteiger charge is -2.11. The van der Waals surface area contributed by atoms with Gasteiger partial charge in [-0.2, -0.15) is 0 Å². The predicted molar refractivity (Wildman–Crippen MR) is 118 cm³/mol. The van der Waals surface area contributed by atoms with Crippen LogP contribution in [0.15, 0.2) is 48.5 Å². The molecule has 0 fully saturated rings. The van der Waals surface area contributed by atoms with Crippen molar-refractivity contribution in [2.75, 3.05) is 32.9 Å². The van der Waals surface area contributed by atoms with E-state index in [1.807, 2.05) is 43.3 Å². The van der Waals surface area contributed by atoms with E-state index in [-0.39, 0.29) is 36.6 Å². The number of hydrogen-bond donors (Lipinski definition) is 3. The quantitative estimate of drug-likeness (QED) is 0.564. The molecule has 4 N–H and O–H groups in total. The van der Waals surface area contributed by atoms with Gasteiger partial charge in [-0.25, -0.2) is 0 Å². The Kier molecular flexibility index (Phi) is 11.9. The second kappa shape index (κ2) is 13.0. The molecule has 0 atom stereocenters. The molecule has 2 aromatic rings. The monoisotopic (exact) mass is 426 g/mol. The highest BCUT2D eigenvalue weighted by Gasteiger charge is 2.07. The van der Waals surface area contributed by atoms with E-state index < -0.39 is 0 Å². The van der Waals surface area contributed by atoms with Crippen molar-refractivity contribution < 1.29 is 9.59 Å². The first kappa shape index (κ1) is 25.7. The van der Waals surface area contributed by atoms with E-state index in [1.165, 1.54) is 0 Å². The van der Waals surface area contributed by atoms with Crippen molar-refractivity contribution in [2.24, 2.45) is 0 Å². The van der Waals surface area contributed by atoms with Crippen LogP contribution >= 0.6 is 24.8 Å². The molecule has 2 amide bonds. The fourth-order valence-electron chi connectivity index (χ4n) is 2.40. The fraction of sp³-hybridized carbons (Fsp3) is 0.300. The maximum absolute atomic E-state index is 12.2. The number of anilines is 1. The summed E-state index contributed by atoms with van der Waals surface area (Å²) in [6.07, 6.45) is 0.297. The smallest absolute Gasteiger partial charge is 0.251 e. The van der Waals surface area contributed by atoms with Crippen LogP contribution in [0.5, 0.6) is 0 Å². The molecule has 0 heterocycles. The predicted octanol–water partition coefficient (Wildman–Crippen LogP) is 2.26. The van der Waals surface area contributed by atoms with Crippen LogP contribution in [0.3, 0.4) is 0 Å². The van der Waals surface area contributed by atoms with Gasteiger partial charge in [0.25, 0.3) is 5.91 Å². The van der Waals surface area contributed by atoms with Crippen LogP contribution in [0.2, 0.25) is 0 Å². The molecule has 0 aliphatic carbocycles. The van der Waals surface area contributed by atoms with Crippen molar-refractivity contribution in [1.82, 2.24) is 15.5 Å². The van der Waals surface area contributed by atoms with Crippen LogP contribution in [0.1, 0.15) is 21.5 Å². The number of nitrogens with one attached hydrogen (secondary N) is 2. The van der Waals surface area contributed by atoms with Crippen molar-refractivity contribution in [3.05, 3.63) is 65.2 Å². The molecular formula is C20H28Cl2N4O2. The average Bonchev–Trinajstić information content (AvgIpc) is 2.62. The second-order valence-corrected chi connectivity index (χ2v) is 6.45. The Morgan fingerprint density at radius 3 is 2.29 bits per heavy atom. The number of benzene rings is 2. The third kappa shape index (κ3) is 9.08. The van der Waals surface area contributed by atoms with Crippen LogP contribution in [-0.2, 0) is 17.8 Å². The molecule has 8 heteroatoms. The molecule has 0 aliphatic rings. The topological polar surface area (TPSA) is 87.5 Å². The molecule has 2 aromatic carbocycles. The van der Waals surface area contributed by atoms with Gasteiger partial charge in [-0.15, -0.1) is 24.8 Å². The highest BCUT2D eigenvalue weighted by molar-refractivity contribution is 5.94. The van der Waals surface area contributed by atoms with Gasteiger partial charge in [-0.3, -0.25) is 9.59 Å². The first-order valence-electron chi connectivity index (χ1n) is 8.57. The van der Waals surface area contributed by atoms with Crippen molar-refractivity contribution in [2.45, 2.75) is 13.0 Å². The minimum absolute atomic E-state index is 0. The van der Waals surface area contributed by atoms with Crippen LogP contribution < -0.4 is 16.4 Å². The summed E-state index contributed by atoms with van der Waals surface area (Å²) in [6, 6.07) is 14.5. The van der Waals surface area contributed by atoms with Crippen molar-refractivity contribution in [3.63, 3.8) is 0 Å². The maximum atomic E-state index is 12.2. The molecule has 0 unspecified atom stereocenters. The highest BCUT2D eigenvalue weighted by Crippen LogP contribution is 2.07. The molecular weight excluding hydrogens is 399 g/mol. The lowest BCUT2D eigenvalue weighted by atomic mass is 10.1. The van der Waals surface area contributed by atoms with E-state index in [9.17, 15) is 9.59 Å². The third-order valence-corrected chi connectivity index (χ3v) is 3.87. The number of hydrogen-bond acceptors (Lipinski definition) is 4. The Morgan fingerprint density at radius 2 is 1.64 bits per heavy atom. The molecule has 0 bridgehead atoms. The number of nitrogens with two attached hydrogens (primary N) is 1. The number of carbonyl (C=O) groups is 2. The summed E-state index contributed by atoms with van der Waals surface area (Å²) in [7, 11) is 3.92. The van der Waals surface area contributed by atoms with Gasteiger partial charge < -0.3 is 21.3 Å². The van der Waals surface area contributed by atoms with Gasteiger partial charge in [0, 0.05) is 30.9 Å². The van der Waals surface area contributed by atoms with Gasteiger partial charge >= 0.3 is 0 Å². The van der Waals surface area contributed by atoms with Gasteiger partial charge in [0.2, 0.25) is 5.91 Å². The molecule has 6 nitrogen and oxygen atoms in total. The molecule has 0 radical (unpaired) electrons. The number of nitrogens with zero attached hydrogens (tertiary/aromatic N) is 1. The Bertz CT molecular complexity index is 752. The first-order chi connectivity index (χ1) is 12.4. The largest absolute Gasteiger partial charge is 0.399 e. The fourth-order valence-corrected chi connectivity index (χ4v) is 2.40. The summed E-state index contributed by atoms with van der Waals surface area (Å²) in [5, 5.41) is 5.76. The summed E-state index contributed by atoms with van der Waals surface area (Å²) in [5.41, 5.74) is 8.70. The number of carbonyl (C=O) groups excluding carboxylic acids is 2. The lowest BCUT2D eigenvalue weighted by molar-refractivity contribution is -0.120. The van der Waals surface area contributed by atoms with Crippen LogP contribution in [0.4, 0.5) is 5.69 Å². The Balaban J connectivity index is 0.00000364. The van der Waals surface area contributed by atoms with E-state index in [0.29, 0.717) is 30.8 Å². The molecule has 28 heavy (non-hydrogen) atoms. The number of rotatable bonds is 8. The first-order valence-corrected chi connectivity index (χ1v) is 8.57. The minimum Gasteiger partial charge on any atom is -0.399 e. The molecule has 154 valence electrons. The standard InChI is InChI=1S/C20H26N4O2.2ClH/c1-24(2)11-10-22-20(26)17-5-3-4-16(12-17)14-23-19(25)13-15-6-8-18(21)9-7-15;;/h3-9,12H,10-11,13-14,21H2,1-2H3,(H,22,26)(H,23,25);2*1H. The van der Waals surface area contributed by atoms with Crippen LogP contribution in [0, 0.1) is 0 Å². The minimum atomic E-state index is -0.109. The number of nitrogen functional groups attached to an aromatic ring is 1. The maximum Gasteiger partial charge on any atom is 0.251 e. The normalized spacial score (nSPS) is 9.82. The Morgan fingerprint density at radius 1 is 0.964 bits per heavy atom. The van der Waals surface area contributed by atoms with Gasteiger partial charge in [0.05, 0.1) is 6.42 Å². The molecule has 0 spiro atoms. The Labute approximate surface area is 178 Å². The van der Waals surface area contributed by atoms with Gasteiger partial charge in [-0.1, -0.05) is 24.3 Å². The van der Waals surface area contributed by atoms with Crippen molar-refractivity contribution in [1.29, 1.82) is 0 Å². The van der Waals surface area contributed by atoms with Gasteiger partial charge in [-0.05, 0) is 49.5 Å². The average molecular weight is 427 g/mol. The zero-order valence-electron chi connectivity index (χ0n) is 16.1. The van der Waals surface area contributed by atoms with Crippen LogP contribution in [-0.4, -0.2) is 43.9 Å². The number of amides is 2. The van der Waals surface area contributed by atoms with E-state index in [0.717, 1.165) is 17.7 Å². The summed E-state index contributed by atoms with van der Waals surface area (Å²) < 4.78 is 0. The lowest BCUT2D eigenvalue weighted by Crippen LogP contribution is -2.31. The molecule has 2 rings (SSSR count). The third-order valence-electron chi connectivity index (χ3n) is 3.87. The van der Waals surface area contributed by atoms with E-state index in [2.05, 4.69) is 10.6 Å². The highest BCUT2D eigenvalue weighted by atomic mass is 35.5. The summed E-state index contributed by atoms with van der Waals surface area (Å²) in [6.45, 7) is 1.76. The summed E-state index contributed by atoms with van der Waals surface area (Å²) in [4.78, 5) is 26.2. The molecule has 0 saturated carbocycles. The molecule has 0 saturated heterocycles. The summed E-state index contributed by atoms with van der Waals surface area (Å²) >= 11 is 0. The zero-order chi connectivity index (χ0) is 18.9. The van der Waals surface area contributed by atoms with Gasteiger partial charge in [0.1, 0.15) is 0 Å². The van der Waals surface area contributed by atoms with Gasteiger partial charge in [0.15, 0.2) is 0 Å². The van der Waals surface area contributed by atoms with E-state index in [1.54, 1.807) is 24.3 Å². The number of likely N-dealkylation sites (N-methyl/N-ethyl adjacent to an activating group) is 1. The molecule has 0 aliphatic heterocycles. The molecule has 0 aromatic heterocycles. The van der Waals surface area contributed by atoms with Crippen LogP contribution in [0.25, 0.3) is 0 Å². The number of halogens is 2. The van der Waals surface area contributed by atoms with E-state index >= 15 is 0 Å². The van der Waals surface area contributed by atoms with Crippen molar-refractivity contribution >= 4 is 42.3 Å². The zero-order valence-corrected chi connectivity index (χ0v) is 17.7. The summed E-state index contributed by atoms with van der Waals surface area (Å²) in [5.74, 6) is -0.183. The second-order valence-electron chi connectivity index (χ2n) is 6.45. The Hall–Kier alpha value is -2.28. The van der Waals surface area contributed by atoms with E-state index in [4.69, 9.17) is 5.73 Å².